The van der Waals surface area contributed by atoms with Crippen LogP contribution in [0, 0.1) is 23.1 Å². The predicted octanol–water partition coefficient (Wildman–Crippen LogP) is 6.66. The molecule has 9 nitrogen and oxygen atoms in total. The fourth-order valence-corrected chi connectivity index (χ4v) is 8.20. The van der Waals surface area contributed by atoms with E-state index < -0.39 is 23.1 Å². The highest BCUT2D eigenvalue weighted by Crippen LogP contribution is 2.43. The fourth-order valence-electron chi connectivity index (χ4n) is 8.20. The number of hydrogen-bond donors (Lipinski definition) is 1. The van der Waals surface area contributed by atoms with Crippen LogP contribution >= 0.6 is 0 Å². The van der Waals surface area contributed by atoms with Crippen molar-refractivity contribution in [2.45, 2.75) is 69.6 Å². The number of methoxy groups -OCH3 is 1. The van der Waals surface area contributed by atoms with Crippen LogP contribution in [0.1, 0.15) is 51.5 Å². The largest absolute Gasteiger partial charge is 0.468 e. The zero-order chi connectivity index (χ0) is 34.3. The van der Waals surface area contributed by atoms with Crippen molar-refractivity contribution in [2.24, 2.45) is 0 Å². The zero-order valence-electron chi connectivity index (χ0n) is 28.1. The van der Waals surface area contributed by atoms with Gasteiger partial charge in [-0.1, -0.05) is 19.1 Å². The molecule has 3 atom stereocenters. The second kappa shape index (κ2) is 13.2. The lowest BCUT2D eigenvalue weighted by atomic mass is 9.90. The Bertz CT molecular complexity index is 1940. The van der Waals surface area contributed by atoms with Crippen molar-refractivity contribution in [1.82, 2.24) is 20.2 Å². The van der Waals surface area contributed by atoms with Gasteiger partial charge in [0.05, 0.1) is 11.1 Å². The van der Waals surface area contributed by atoms with E-state index in [1.807, 2.05) is 18.7 Å². The summed E-state index contributed by atoms with van der Waals surface area (Å²) in [7, 11) is 1.51. The number of nitrogens with zero attached hydrogens (tertiary/aromatic N) is 5. The Kier molecular flexibility index (Phi) is 8.92. The minimum atomic E-state index is -0.924. The Hall–Kier alpha value is -4.34. The Labute approximate surface area is 284 Å². The van der Waals surface area contributed by atoms with E-state index in [0.717, 1.165) is 32.2 Å². The SMILES string of the molecule is CCc1c(F)ccc2cc(OCOC)cc(-c3ccc4c(N5CCCC(C)(NC#N)C5)nc(OC[C@@]56CCCN5C[C@H](F)C6)nc4c3F)c12. The number of aryl methyl sites for hydroxylation is 1. The number of aromatic nitrogens is 2. The number of nitriles is 1. The zero-order valence-corrected chi connectivity index (χ0v) is 28.1. The van der Waals surface area contributed by atoms with Gasteiger partial charge in [-0.3, -0.25) is 4.90 Å². The molecule has 7 rings (SSSR count). The third-order valence-corrected chi connectivity index (χ3v) is 10.5. The van der Waals surface area contributed by atoms with Crippen LogP contribution < -0.4 is 19.7 Å². The van der Waals surface area contributed by atoms with Crippen molar-refractivity contribution in [3.05, 3.63) is 53.6 Å². The molecule has 0 spiro atoms. The van der Waals surface area contributed by atoms with Crippen molar-refractivity contribution >= 4 is 27.5 Å². The molecule has 3 aromatic carbocycles. The highest BCUT2D eigenvalue weighted by molar-refractivity contribution is 6.03. The number of alkyl halides is 1. The van der Waals surface area contributed by atoms with Crippen LogP contribution in [0.3, 0.4) is 0 Å². The van der Waals surface area contributed by atoms with Gasteiger partial charge in [-0.05, 0) is 91.7 Å². The summed E-state index contributed by atoms with van der Waals surface area (Å²) in [5.74, 6) is -0.0346. The van der Waals surface area contributed by atoms with Crippen LogP contribution in [0.2, 0.25) is 0 Å². The van der Waals surface area contributed by atoms with Crippen LogP contribution in [0.15, 0.2) is 36.4 Å². The quantitative estimate of drug-likeness (QED) is 0.113. The molecular weight excluding hydrogens is 633 g/mol. The molecule has 0 bridgehead atoms. The smallest absolute Gasteiger partial charge is 0.319 e. The molecule has 3 fully saturated rings. The van der Waals surface area contributed by atoms with Gasteiger partial charge in [-0.2, -0.15) is 15.2 Å². The van der Waals surface area contributed by atoms with E-state index in [1.54, 1.807) is 30.3 Å². The van der Waals surface area contributed by atoms with Crippen molar-refractivity contribution < 1.29 is 27.4 Å². The summed E-state index contributed by atoms with van der Waals surface area (Å²) in [6.07, 6.45) is 5.27. The normalized spacial score (nSPS) is 23.9. The van der Waals surface area contributed by atoms with Gasteiger partial charge in [0.1, 0.15) is 35.7 Å². The molecule has 12 heteroatoms. The lowest BCUT2D eigenvalue weighted by Gasteiger charge is -2.40. The minimum absolute atomic E-state index is 0.00457. The number of fused-ring (bicyclic) bond motifs is 3. The van der Waals surface area contributed by atoms with Gasteiger partial charge >= 0.3 is 6.01 Å². The Morgan fingerprint density at radius 2 is 1.90 bits per heavy atom. The maximum absolute atomic E-state index is 17.2. The first kappa shape index (κ1) is 33.2. The van der Waals surface area contributed by atoms with E-state index in [2.05, 4.69) is 21.4 Å². The highest BCUT2D eigenvalue weighted by Gasteiger charge is 2.49. The summed E-state index contributed by atoms with van der Waals surface area (Å²) in [6, 6.07) is 10.0. The topological polar surface area (TPSA) is 95.8 Å². The molecule has 0 saturated carbocycles. The minimum Gasteiger partial charge on any atom is -0.468 e. The van der Waals surface area contributed by atoms with Gasteiger partial charge in [0.25, 0.3) is 0 Å². The monoisotopic (exact) mass is 674 g/mol. The van der Waals surface area contributed by atoms with E-state index in [0.29, 0.717) is 71.3 Å². The molecule has 3 saturated heterocycles. The molecule has 1 unspecified atom stereocenters. The third-order valence-electron chi connectivity index (χ3n) is 10.5. The van der Waals surface area contributed by atoms with E-state index >= 15 is 8.78 Å². The van der Waals surface area contributed by atoms with Gasteiger partial charge in [-0.25, -0.2) is 13.2 Å². The number of anilines is 1. The van der Waals surface area contributed by atoms with Crippen LogP contribution in [0.25, 0.3) is 32.8 Å². The molecule has 49 heavy (non-hydrogen) atoms. The Morgan fingerprint density at radius 1 is 1.06 bits per heavy atom. The predicted molar refractivity (Wildman–Crippen MR) is 181 cm³/mol. The van der Waals surface area contributed by atoms with E-state index in [-0.39, 0.29) is 36.3 Å². The van der Waals surface area contributed by atoms with Gasteiger partial charge in [0.15, 0.2) is 18.8 Å². The van der Waals surface area contributed by atoms with Crippen LogP contribution in [0.5, 0.6) is 11.8 Å². The molecular formula is C37H41F3N6O3. The number of piperidine rings is 1. The van der Waals surface area contributed by atoms with E-state index in [9.17, 15) is 9.65 Å². The molecule has 1 N–H and O–H groups in total. The second-order valence-corrected chi connectivity index (χ2v) is 13.8. The molecule has 3 aliphatic rings. The van der Waals surface area contributed by atoms with Crippen molar-refractivity contribution in [2.75, 3.05) is 51.6 Å². The fraction of sp³-hybridized carbons (Fsp3) is 0.486. The van der Waals surface area contributed by atoms with Crippen LogP contribution in [0.4, 0.5) is 19.0 Å². The summed E-state index contributed by atoms with van der Waals surface area (Å²) in [5, 5.41) is 14.2. The van der Waals surface area contributed by atoms with Gasteiger partial charge < -0.3 is 24.4 Å². The summed E-state index contributed by atoms with van der Waals surface area (Å²) < 4.78 is 64.1. The number of hydrogen-bond acceptors (Lipinski definition) is 9. The average Bonchev–Trinajstić information content (AvgIpc) is 3.62. The van der Waals surface area contributed by atoms with Gasteiger partial charge in [-0.15, -0.1) is 0 Å². The van der Waals surface area contributed by atoms with Crippen LogP contribution in [-0.4, -0.2) is 78.8 Å². The number of rotatable bonds is 10. The molecule has 0 radical (unpaired) electrons. The van der Waals surface area contributed by atoms with E-state index in [4.69, 9.17) is 19.2 Å². The molecule has 1 aromatic heterocycles. The van der Waals surface area contributed by atoms with Crippen molar-refractivity contribution in [1.29, 1.82) is 5.26 Å². The maximum atomic E-state index is 17.2. The van der Waals surface area contributed by atoms with Crippen LogP contribution in [-0.2, 0) is 11.2 Å². The third kappa shape index (κ3) is 6.08. The Morgan fingerprint density at radius 3 is 2.69 bits per heavy atom. The highest BCUT2D eigenvalue weighted by atomic mass is 19.1. The first-order valence-corrected chi connectivity index (χ1v) is 17.0. The molecule has 258 valence electrons. The number of benzene rings is 3. The summed E-state index contributed by atoms with van der Waals surface area (Å²) in [4.78, 5) is 13.7. The van der Waals surface area contributed by atoms with Crippen molar-refractivity contribution in [3.8, 4) is 29.1 Å². The molecule has 0 aliphatic carbocycles. The summed E-state index contributed by atoms with van der Waals surface area (Å²) in [5.41, 5.74) is 0.266. The first-order chi connectivity index (χ1) is 23.7. The second-order valence-electron chi connectivity index (χ2n) is 13.8. The van der Waals surface area contributed by atoms with E-state index in [1.165, 1.54) is 13.2 Å². The summed E-state index contributed by atoms with van der Waals surface area (Å²) >= 11 is 0. The molecule has 3 aliphatic heterocycles. The van der Waals surface area contributed by atoms with Crippen molar-refractivity contribution in [3.63, 3.8) is 0 Å². The lowest BCUT2D eigenvalue weighted by molar-refractivity contribution is 0.0512. The number of ether oxygens (including phenoxy) is 3. The molecule has 0 amide bonds. The maximum Gasteiger partial charge on any atom is 0.319 e. The van der Waals surface area contributed by atoms with Gasteiger partial charge in [0, 0.05) is 44.1 Å². The average molecular weight is 675 g/mol. The summed E-state index contributed by atoms with van der Waals surface area (Å²) in [6.45, 7) is 6.32. The van der Waals surface area contributed by atoms with Gasteiger partial charge in [0.2, 0.25) is 0 Å². The number of halogens is 3. The molecule has 4 aromatic rings. The lowest BCUT2D eigenvalue weighted by Crippen LogP contribution is -2.54. The molecule has 4 heterocycles. The number of nitrogens with one attached hydrogen (secondary N) is 1. The first-order valence-electron chi connectivity index (χ1n) is 17.0. The standard InChI is InChI=1S/C37H41F3N6O3/c1-4-26-30(39)10-7-23-15-25(49-22-47-3)16-29(31(23)26)27-8-9-28-33(32(27)40)43-35(48-20-37-12-6-14-46(37)18-24(38)17-37)44-34(28)45-13-5-11-36(2,19-45)42-21-41/h7-10,15-16,24,42H,4-6,11-14,17-20,22H2,1-3H3/t24-,36?,37+/m1/s1. The Balaban J connectivity index is 1.38.